The molecule has 0 aromatic heterocycles. The molecule has 8 heteroatoms. The molecule has 156 valence electrons. The van der Waals surface area contributed by atoms with E-state index in [1.807, 2.05) is 18.2 Å². The first kappa shape index (κ1) is 20.9. The van der Waals surface area contributed by atoms with Crippen LogP contribution in [-0.2, 0) is 6.54 Å². The number of ether oxygens (including phenoxy) is 2. The van der Waals surface area contributed by atoms with Crippen LogP contribution in [0.25, 0.3) is 0 Å². The minimum Gasteiger partial charge on any atom is -0.502 e. The van der Waals surface area contributed by atoms with Gasteiger partial charge >= 0.3 is 0 Å². The van der Waals surface area contributed by atoms with Crippen LogP contribution in [0.1, 0.15) is 5.56 Å². The smallest absolute Gasteiger partial charge is 0.200 e. The average molecular weight is 419 g/mol. The third kappa shape index (κ3) is 4.79. The number of nitrogens with zero attached hydrogens (tertiary/aromatic N) is 3. The molecular formula is C21H27ClN4O3. The Morgan fingerprint density at radius 1 is 1.10 bits per heavy atom. The van der Waals surface area contributed by atoms with Gasteiger partial charge in [-0.15, -0.1) is 0 Å². The van der Waals surface area contributed by atoms with Crippen molar-refractivity contribution >= 4 is 23.2 Å². The van der Waals surface area contributed by atoms with Crippen LogP contribution in [0.3, 0.4) is 0 Å². The van der Waals surface area contributed by atoms with E-state index in [0.29, 0.717) is 18.0 Å². The zero-order valence-electron chi connectivity index (χ0n) is 17.0. The van der Waals surface area contributed by atoms with Crippen LogP contribution in [0.2, 0.25) is 5.02 Å². The van der Waals surface area contributed by atoms with Crippen molar-refractivity contribution in [2.24, 2.45) is 4.99 Å². The number of para-hydroxylation sites is 1. The maximum atomic E-state index is 10.1. The maximum Gasteiger partial charge on any atom is 0.200 e. The predicted octanol–water partition coefficient (Wildman–Crippen LogP) is 2.96. The number of aromatic hydroxyl groups is 1. The molecule has 2 aromatic rings. The standard InChI is InChI=1S/C21H27ClN4O3/c1-23-21(24-14-15-12-18(28-2)20(27)19(13-15)29-3)26-10-8-25(9-11-26)17-7-5-4-6-16(17)22/h4-7,12-13,27H,8-11,14H2,1-3H3,(H,23,24). The molecule has 1 aliphatic heterocycles. The highest BCUT2D eigenvalue weighted by molar-refractivity contribution is 6.33. The SMILES string of the molecule is CN=C(NCc1cc(OC)c(O)c(OC)c1)N1CCN(c2ccccc2Cl)CC1. The monoisotopic (exact) mass is 418 g/mol. The van der Waals surface area contributed by atoms with Gasteiger partial charge in [0, 0.05) is 39.8 Å². The first-order valence-corrected chi connectivity index (χ1v) is 9.84. The summed E-state index contributed by atoms with van der Waals surface area (Å²) in [5.41, 5.74) is 1.99. The Hall–Kier alpha value is -2.80. The van der Waals surface area contributed by atoms with Crippen LogP contribution in [-0.4, -0.2) is 63.4 Å². The Kier molecular flexibility index (Phi) is 6.93. The number of rotatable bonds is 5. The molecule has 29 heavy (non-hydrogen) atoms. The van der Waals surface area contributed by atoms with Gasteiger partial charge in [-0.3, -0.25) is 4.99 Å². The largest absolute Gasteiger partial charge is 0.502 e. The van der Waals surface area contributed by atoms with E-state index in [2.05, 4.69) is 26.2 Å². The topological polar surface area (TPSA) is 69.6 Å². The van der Waals surface area contributed by atoms with E-state index in [1.54, 1.807) is 19.2 Å². The van der Waals surface area contributed by atoms with Gasteiger partial charge in [0.2, 0.25) is 5.75 Å². The number of phenols is 1. The van der Waals surface area contributed by atoms with Crippen molar-refractivity contribution in [1.29, 1.82) is 0 Å². The third-order valence-corrected chi connectivity index (χ3v) is 5.29. The van der Waals surface area contributed by atoms with E-state index in [9.17, 15) is 5.11 Å². The van der Waals surface area contributed by atoms with Gasteiger partial charge in [0.25, 0.3) is 0 Å². The van der Waals surface area contributed by atoms with Gasteiger partial charge in [-0.2, -0.15) is 0 Å². The summed E-state index contributed by atoms with van der Waals surface area (Å²) < 4.78 is 10.5. The second-order valence-corrected chi connectivity index (χ2v) is 7.08. The first-order chi connectivity index (χ1) is 14.1. The summed E-state index contributed by atoms with van der Waals surface area (Å²) in [6, 6.07) is 11.5. The molecule has 0 bridgehead atoms. The summed E-state index contributed by atoms with van der Waals surface area (Å²) in [4.78, 5) is 8.94. The molecule has 2 aromatic carbocycles. The fourth-order valence-corrected chi connectivity index (χ4v) is 3.69. The summed E-state index contributed by atoms with van der Waals surface area (Å²) in [5, 5.41) is 14.2. The molecule has 1 fully saturated rings. The van der Waals surface area contributed by atoms with Crippen LogP contribution in [0.5, 0.6) is 17.2 Å². The van der Waals surface area contributed by atoms with Crippen molar-refractivity contribution in [1.82, 2.24) is 10.2 Å². The second-order valence-electron chi connectivity index (χ2n) is 6.68. The number of benzene rings is 2. The number of phenolic OH excluding ortho intramolecular Hbond substituents is 1. The van der Waals surface area contributed by atoms with E-state index < -0.39 is 0 Å². The molecule has 2 N–H and O–H groups in total. The van der Waals surface area contributed by atoms with Crippen LogP contribution in [0.4, 0.5) is 5.69 Å². The molecule has 0 spiro atoms. The lowest BCUT2D eigenvalue weighted by Gasteiger charge is -2.38. The second kappa shape index (κ2) is 9.60. The molecule has 0 unspecified atom stereocenters. The van der Waals surface area contributed by atoms with Crippen molar-refractivity contribution < 1.29 is 14.6 Å². The maximum absolute atomic E-state index is 10.1. The van der Waals surface area contributed by atoms with Gasteiger partial charge in [0.15, 0.2) is 17.5 Å². The Labute approximate surface area is 176 Å². The molecule has 1 aliphatic rings. The molecule has 1 heterocycles. The minimum absolute atomic E-state index is 0.00109. The molecule has 1 saturated heterocycles. The van der Waals surface area contributed by atoms with Crippen molar-refractivity contribution in [3.8, 4) is 17.2 Å². The Morgan fingerprint density at radius 2 is 1.72 bits per heavy atom. The molecule has 7 nitrogen and oxygen atoms in total. The summed E-state index contributed by atoms with van der Waals surface area (Å²) in [6.45, 7) is 3.95. The molecule has 0 atom stereocenters. The molecule has 0 radical (unpaired) electrons. The highest BCUT2D eigenvalue weighted by Crippen LogP contribution is 2.37. The summed E-state index contributed by atoms with van der Waals surface area (Å²) >= 11 is 6.33. The van der Waals surface area contributed by atoms with Gasteiger partial charge < -0.3 is 29.7 Å². The lowest BCUT2D eigenvalue weighted by molar-refractivity contribution is 0.339. The van der Waals surface area contributed by atoms with Crippen LogP contribution >= 0.6 is 11.6 Å². The highest BCUT2D eigenvalue weighted by Gasteiger charge is 2.21. The third-order valence-electron chi connectivity index (χ3n) is 4.97. The van der Waals surface area contributed by atoms with Crippen LogP contribution in [0, 0.1) is 0 Å². The summed E-state index contributed by atoms with van der Waals surface area (Å²) in [7, 11) is 4.81. The fraction of sp³-hybridized carbons (Fsp3) is 0.381. The fourth-order valence-electron chi connectivity index (χ4n) is 3.43. The molecule has 0 aliphatic carbocycles. The van der Waals surface area contributed by atoms with Crippen molar-refractivity contribution in [2.45, 2.75) is 6.54 Å². The van der Waals surface area contributed by atoms with Gasteiger partial charge in [0.1, 0.15) is 0 Å². The number of piperazine rings is 1. The molecule has 3 rings (SSSR count). The van der Waals surface area contributed by atoms with Crippen molar-refractivity contribution in [3.63, 3.8) is 0 Å². The van der Waals surface area contributed by atoms with E-state index in [4.69, 9.17) is 21.1 Å². The summed E-state index contributed by atoms with van der Waals surface area (Å²) in [5.74, 6) is 1.59. The number of guanidine groups is 1. The predicted molar refractivity (Wildman–Crippen MR) is 117 cm³/mol. The highest BCUT2D eigenvalue weighted by atomic mass is 35.5. The Balaban J connectivity index is 1.61. The van der Waals surface area contributed by atoms with Gasteiger partial charge in [0.05, 0.1) is 24.9 Å². The lowest BCUT2D eigenvalue weighted by atomic mass is 10.2. The number of hydrogen-bond acceptors (Lipinski definition) is 5. The van der Waals surface area contributed by atoms with Gasteiger partial charge in [-0.25, -0.2) is 0 Å². The Bertz CT molecular complexity index is 842. The minimum atomic E-state index is -0.00109. The Morgan fingerprint density at radius 3 is 2.28 bits per heavy atom. The zero-order valence-corrected chi connectivity index (χ0v) is 17.7. The summed E-state index contributed by atoms with van der Waals surface area (Å²) in [6.07, 6.45) is 0. The van der Waals surface area contributed by atoms with E-state index in [-0.39, 0.29) is 5.75 Å². The van der Waals surface area contributed by atoms with Crippen LogP contribution < -0.4 is 19.7 Å². The van der Waals surface area contributed by atoms with Crippen molar-refractivity contribution in [2.75, 3.05) is 52.3 Å². The molecule has 0 saturated carbocycles. The van der Waals surface area contributed by atoms with Crippen molar-refractivity contribution in [3.05, 3.63) is 47.0 Å². The first-order valence-electron chi connectivity index (χ1n) is 9.46. The zero-order chi connectivity index (χ0) is 20.8. The number of aliphatic imine (C=N–C) groups is 1. The van der Waals surface area contributed by atoms with Gasteiger partial charge in [-0.1, -0.05) is 23.7 Å². The lowest BCUT2D eigenvalue weighted by Crippen LogP contribution is -2.52. The normalized spacial score (nSPS) is 14.7. The molecule has 0 amide bonds. The number of nitrogens with one attached hydrogen (secondary N) is 1. The van der Waals surface area contributed by atoms with Crippen LogP contribution in [0.15, 0.2) is 41.4 Å². The number of hydrogen-bond donors (Lipinski definition) is 2. The quantitative estimate of drug-likeness (QED) is 0.574. The van der Waals surface area contributed by atoms with Gasteiger partial charge in [-0.05, 0) is 29.8 Å². The number of halogens is 1. The van der Waals surface area contributed by atoms with E-state index in [1.165, 1.54) is 14.2 Å². The number of methoxy groups -OCH3 is 2. The number of anilines is 1. The average Bonchev–Trinajstić information content (AvgIpc) is 2.76. The van der Waals surface area contributed by atoms with E-state index in [0.717, 1.165) is 48.4 Å². The molecular weight excluding hydrogens is 392 g/mol. The van der Waals surface area contributed by atoms with E-state index >= 15 is 0 Å².